The highest BCUT2D eigenvalue weighted by atomic mass is 35.5. The Morgan fingerprint density at radius 3 is 1.78 bits per heavy atom. The van der Waals surface area contributed by atoms with E-state index in [0.717, 1.165) is 16.7 Å². The monoisotopic (exact) mass is 260 g/mol. The Bertz CT molecular complexity index is 536. The number of hydrogen-bond acceptors (Lipinski definition) is 2. The lowest BCUT2D eigenvalue weighted by Gasteiger charge is -2.19. The molecule has 0 aromatic heterocycles. The van der Waals surface area contributed by atoms with E-state index in [1.165, 1.54) is 0 Å². The Balaban J connectivity index is 2.03. The van der Waals surface area contributed by atoms with Crippen molar-refractivity contribution >= 4 is 11.6 Å². The number of halogens is 1. The number of benzene rings is 2. The van der Waals surface area contributed by atoms with Crippen molar-refractivity contribution in [2.75, 3.05) is 0 Å². The molecule has 2 atom stereocenters. The number of fused-ring (bicyclic) bond motifs is 1. The van der Waals surface area contributed by atoms with Crippen molar-refractivity contribution in [2.24, 2.45) is 0 Å². The van der Waals surface area contributed by atoms with Gasteiger partial charge in [-0.25, -0.2) is 0 Å². The fourth-order valence-corrected chi connectivity index (χ4v) is 2.78. The third-order valence-corrected chi connectivity index (χ3v) is 3.82. The molecule has 0 spiro atoms. The largest absolute Gasteiger partial charge is 0.388 e. The first-order valence-corrected chi connectivity index (χ1v) is 6.26. The number of rotatable bonds is 1. The molecule has 2 aromatic rings. The first-order valence-electron chi connectivity index (χ1n) is 5.89. The van der Waals surface area contributed by atoms with E-state index in [9.17, 15) is 10.2 Å². The first-order chi connectivity index (χ1) is 8.68. The molecule has 3 rings (SSSR count). The highest BCUT2D eigenvalue weighted by Gasteiger charge is 2.39. The molecule has 0 amide bonds. The average Bonchev–Trinajstić information content (AvgIpc) is 2.64. The van der Waals surface area contributed by atoms with E-state index in [2.05, 4.69) is 0 Å². The molecule has 2 nitrogen and oxygen atoms in total. The van der Waals surface area contributed by atoms with Crippen LogP contribution in [0.4, 0.5) is 0 Å². The molecule has 92 valence electrons. The van der Waals surface area contributed by atoms with Crippen LogP contribution in [-0.4, -0.2) is 10.2 Å². The summed E-state index contributed by atoms with van der Waals surface area (Å²) in [6, 6.07) is 14.7. The minimum absolute atomic E-state index is 0.320. The quantitative estimate of drug-likeness (QED) is 0.827. The maximum atomic E-state index is 10.3. The second-order valence-electron chi connectivity index (χ2n) is 4.60. The molecule has 1 aliphatic rings. The fraction of sp³-hybridized carbons (Fsp3) is 0.200. The molecule has 3 heteroatoms. The minimum atomic E-state index is -0.669. The topological polar surface area (TPSA) is 40.5 Å². The van der Waals surface area contributed by atoms with Crippen molar-refractivity contribution in [1.29, 1.82) is 0 Å². The van der Waals surface area contributed by atoms with Gasteiger partial charge in [-0.15, -0.1) is 0 Å². The molecular formula is C15H13ClO2. The van der Waals surface area contributed by atoms with Crippen LogP contribution in [0.3, 0.4) is 0 Å². The van der Waals surface area contributed by atoms with Gasteiger partial charge >= 0.3 is 0 Å². The van der Waals surface area contributed by atoms with Gasteiger partial charge in [0.05, 0.1) is 12.2 Å². The van der Waals surface area contributed by atoms with Crippen molar-refractivity contribution in [3.63, 3.8) is 0 Å². The van der Waals surface area contributed by atoms with Gasteiger partial charge in [0.2, 0.25) is 0 Å². The average molecular weight is 261 g/mol. The Morgan fingerprint density at radius 1 is 0.778 bits per heavy atom. The van der Waals surface area contributed by atoms with Crippen molar-refractivity contribution in [1.82, 2.24) is 0 Å². The summed E-state index contributed by atoms with van der Waals surface area (Å²) in [6.45, 7) is 0. The molecule has 0 fully saturated rings. The zero-order valence-corrected chi connectivity index (χ0v) is 10.4. The number of aliphatic hydroxyl groups is 2. The summed E-state index contributed by atoms with van der Waals surface area (Å²) in [5.74, 6) is -0.320. The van der Waals surface area contributed by atoms with E-state index in [-0.39, 0.29) is 5.92 Å². The molecular weight excluding hydrogens is 248 g/mol. The van der Waals surface area contributed by atoms with Crippen LogP contribution in [0.1, 0.15) is 34.8 Å². The molecule has 0 heterocycles. The Morgan fingerprint density at radius 2 is 1.28 bits per heavy atom. The van der Waals surface area contributed by atoms with E-state index < -0.39 is 12.2 Å². The highest BCUT2D eigenvalue weighted by Crippen LogP contribution is 2.49. The standard InChI is InChI=1S/C15H13ClO2/c16-10-7-5-9(6-8-10)13-14(17)11-3-1-2-4-12(11)15(13)18/h1-8,13-15,17-18H/t14-,15-/m1/s1. The van der Waals surface area contributed by atoms with Crippen LogP contribution in [0.5, 0.6) is 0 Å². The van der Waals surface area contributed by atoms with Gasteiger partial charge in [-0.3, -0.25) is 0 Å². The molecule has 0 radical (unpaired) electrons. The summed E-state index contributed by atoms with van der Waals surface area (Å²) in [5.41, 5.74) is 2.52. The second-order valence-corrected chi connectivity index (χ2v) is 5.03. The summed E-state index contributed by atoms with van der Waals surface area (Å²) in [6.07, 6.45) is -1.34. The molecule has 0 bridgehead atoms. The van der Waals surface area contributed by atoms with Gasteiger partial charge in [0.25, 0.3) is 0 Å². The molecule has 0 saturated heterocycles. The van der Waals surface area contributed by atoms with Crippen LogP contribution in [0.15, 0.2) is 48.5 Å². The molecule has 1 aliphatic carbocycles. The van der Waals surface area contributed by atoms with Crippen LogP contribution in [0.25, 0.3) is 0 Å². The van der Waals surface area contributed by atoms with Crippen molar-refractivity contribution in [2.45, 2.75) is 18.1 Å². The second kappa shape index (κ2) is 4.39. The maximum Gasteiger partial charge on any atom is 0.0890 e. The number of aliphatic hydroxyl groups excluding tert-OH is 2. The molecule has 0 aliphatic heterocycles. The summed E-state index contributed by atoms with van der Waals surface area (Å²) in [5, 5.41) is 21.3. The molecule has 0 saturated carbocycles. The SMILES string of the molecule is O[C@@H]1c2ccccc2[C@@H](O)C1c1ccc(Cl)cc1. The van der Waals surface area contributed by atoms with Gasteiger partial charge in [-0.1, -0.05) is 48.0 Å². The van der Waals surface area contributed by atoms with Crippen molar-refractivity contribution in [3.8, 4) is 0 Å². The molecule has 0 unspecified atom stereocenters. The molecule has 2 N–H and O–H groups in total. The highest BCUT2D eigenvalue weighted by molar-refractivity contribution is 6.30. The predicted molar refractivity (Wildman–Crippen MR) is 70.6 cm³/mol. The van der Waals surface area contributed by atoms with Crippen LogP contribution in [0.2, 0.25) is 5.02 Å². The summed E-state index contributed by atoms with van der Waals surface area (Å²) >= 11 is 5.86. The van der Waals surface area contributed by atoms with Crippen LogP contribution in [0, 0.1) is 0 Å². The van der Waals surface area contributed by atoms with Crippen LogP contribution < -0.4 is 0 Å². The third-order valence-electron chi connectivity index (χ3n) is 3.57. The van der Waals surface area contributed by atoms with Gasteiger partial charge in [-0.2, -0.15) is 0 Å². The lowest BCUT2D eigenvalue weighted by atomic mass is 9.92. The zero-order valence-electron chi connectivity index (χ0n) is 9.62. The minimum Gasteiger partial charge on any atom is -0.388 e. The Hall–Kier alpha value is -1.35. The first kappa shape index (κ1) is 11.7. The summed E-state index contributed by atoms with van der Waals surface area (Å²) in [7, 11) is 0. The van der Waals surface area contributed by atoms with Gasteiger partial charge in [-0.05, 0) is 28.8 Å². The van der Waals surface area contributed by atoms with Crippen LogP contribution >= 0.6 is 11.6 Å². The van der Waals surface area contributed by atoms with Gasteiger partial charge in [0, 0.05) is 10.9 Å². The molecule has 2 aromatic carbocycles. The van der Waals surface area contributed by atoms with E-state index >= 15 is 0 Å². The Labute approximate surface area is 110 Å². The maximum absolute atomic E-state index is 10.3. The Kier molecular flexibility index (Phi) is 2.86. The van der Waals surface area contributed by atoms with Crippen LogP contribution in [-0.2, 0) is 0 Å². The summed E-state index contributed by atoms with van der Waals surface area (Å²) < 4.78 is 0. The fourth-order valence-electron chi connectivity index (χ4n) is 2.66. The molecule has 18 heavy (non-hydrogen) atoms. The van der Waals surface area contributed by atoms with Gasteiger partial charge in [0.15, 0.2) is 0 Å². The van der Waals surface area contributed by atoms with E-state index in [0.29, 0.717) is 5.02 Å². The smallest absolute Gasteiger partial charge is 0.0890 e. The number of hydrogen-bond donors (Lipinski definition) is 2. The van der Waals surface area contributed by atoms with E-state index in [4.69, 9.17) is 11.6 Å². The van der Waals surface area contributed by atoms with E-state index in [1.54, 1.807) is 12.1 Å². The summed E-state index contributed by atoms with van der Waals surface area (Å²) in [4.78, 5) is 0. The lowest BCUT2D eigenvalue weighted by molar-refractivity contribution is 0.0771. The lowest BCUT2D eigenvalue weighted by Crippen LogP contribution is -2.09. The van der Waals surface area contributed by atoms with Gasteiger partial charge in [0.1, 0.15) is 0 Å². The van der Waals surface area contributed by atoms with Crippen molar-refractivity contribution < 1.29 is 10.2 Å². The van der Waals surface area contributed by atoms with Gasteiger partial charge < -0.3 is 10.2 Å². The predicted octanol–water partition coefficient (Wildman–Crippen LogP) is 3.20. The van der Waals surface area contributed by atoms with Crippen molar-refractivity contribution in [3.05, 3.63) is 70.2 Å². The normalized spacial score (nSPS) is 23.1. The van der Waals surface area contributed by atoms with E-state index in [1.807, 2.05) is 36.4 Å². The zero-order chi connectivity index (χ0) is 12.7. The third kappa shape index (κ3) is 1.74.